The summed E-state index contributed by atoms with van der Waals surface area (Å²) in [4.78, 5) is 0. The first kappa shape index (κ1) is 20.1. The molecule has 0 fully saturated rings. The van der Waals surface area contributed by atoms with E-state index in [1.54, 1.807) is 6.08 Å². The minimum Gasteiger partial charge on any atom is -0.447 e. The molecule has 0 N–H and O–H groups in total. The van der Waals surface area contributed by atoms with E-state index in [-0.39, 0.29) is 0 Å². The lowest BCUT2D eigenvalue weighted by Crippen LogP contribution is -2.09. The third kappa shape index (κ3) is 8.47. The molecule has 2 unspecified atom stereocenters. The van der Waals surface area contributed by atoms with Crippen LogP contribution in [0, 0.1) is 0 Å². The molecule has 0 bridgehead atoms. The van der Waals surface area contributed by atoms with Crippen LogP contribution in [0.5, 0.6) is 5.75 Å². The Morgan fingerprint density at radius 1 is 1.13 bits per heavy atom. The van der Waals surface area contributed by atoms with Crippen molar-refractivity contribution in [2.45, 2.75) is 26.2 Å². The van der Waals surface area contributed by atoms with E-state index in [0.717, 1.165) is 12.2 Å². The van der Waals surface area contributed by atoms with Crippen LogP contribution in [0.4, 0.5) is 0 Å². The highest BCUT2D eigenvalue weighted by Crippen LogP contribution is 2.39. The number of benzene rings is 1. The molecule has 0 saturated carbocycles. The van der Waals surface area contributed by atoms with Crippen LogP contribution < -0.4 is 4.52 Å². The van der Waals surface area contributed by atoms with Crippen molar-refractivity contribution in [2.75, 3.05) is 39.7 Å². The Kier molecular flexibility index (Phi) is 10.9. The maximum Gasteiger partial charge on any atom is 0.226 e. The Balaban J connectivity index is 2.24. The summed E-state index contributed by atoms with van der Waals surface area (Å²) in [6, 6.07) is 8.18. The van der Waals surface area contributed by atoms with Gasteiger partial charge in [0.05, 0.1) is 33.0 Å². The van der Waals surface area contributed by atoms with Gasteiger partial charge < -0.3 is 18.5 Å². The lowest BCUT2D eigenvalue weighted by Gasteiger charge is -2.19. The van der Waals surface area contributed by atoms with E-state index < -0.39 is 8.38 Å². The van der Waals surface area contributed by atoms with Gasteiger partial charge in [-0.1, -0.05) is 38.1 Å². The molecule has 1 rings (SSSR count). The van der Waals surface area contributed by atoms with Gasteiger partial charge in [-0.25, -0.2) is 0 Å². The second-order valence-corrected chi connectivity index (χ2v) is 6.51. The van der Waals surface area contributed by atoms with Gasteiger partial charge in [0.25, 0.3) is 0 Å². The molecule has 0 spiro atoms. The first-order chi connectivity index (χ1) is 11.2. The van der Waals surface area contributed by atoms with Crippen LogP contribution in [0.15, 0.2) is 36.9 Å². The number of para-hydroxylation sites is 1. The molecule has 0 aliphatic carbocycles. The Hall–Kier alpha value is -0.930. The number of ether oxygens (including phenoxy) is 2. The van der Waals surface area contributed by atoms with Crippen LogP contribution in [0.3, 0.4) is 0 Å². The van der Waals surface area contributed by atoms with Gasteiger partial charge in [-0.15, -0.1) is 6.58 Å². The molecule has 2 atom stereocenters. The summed E-state index contributed by atoms with van der Waals surface area (Å²) in [6.07, 6.45) is 2.81. The maximum atomic E-state index is 5.98. The summed E-state index contributed by atoms with van der Waals surface area (Å²) < 4.78 is 22.3. The molecule has 1 aromatic carbocycles. The fraction of sp³-hybridized carbons (Fsp3) is 0.556. The van der Waals surface area contributed by atoms with Crippen LogP contribution in [0.25, 0.3) is 0 Å². The van der Waals surface area contributed by atoms with Gasteiger partial charge in [0.15, 0.2) is 0 Å². The number of rotatable bonds is 13. The Morgan fingerprint density at radius 3 is 2.57 bits per heavy atom. The molecule has 0 saturated heterocycles. The van der Waals surface area contributed by atoms with Crippen LogP contribution in [-0.2, 0) is 14.0 Å². The van der Waals surface area contributed by atoms with Gasteiger partial charge in [0.1, 0.15) is 5.75 Å². The van der Waals surface area contributed by atoms with Crippen LogP contribution in [-0.4, -0.2) is 39.7 Å². The first-order valence-electron chi connectivity index (χ1n) is 8.09. The Morgan fingerprint density at radius 2 is 1.83 bits per heavy atom. The lowest BCUT2D eigenvalue weighted by molar-refractivity contribution is 0.0455. The van der Waals surface area contributed by atoms with Crippen molar-refractivity contribution in [3.63, 3.8) is 0 Å². The predicted molar refractivity (Wildman–Crippen MR) is 96.4 cm³/mol. The van der Waals surface area contributed by atoms with Crippen LogP contribution >= 0.6 is 8.38 Å². The summed E-state index contributed by atoms with van der Waals surface area (Å²) in [5.41, 5.74) is 1.24. The largest absolute Gasteiger partial charge is 0.447 e. The van der Waals surface area contributed by atoms with Crippen molar-refractivity contribution >= 4 is 8.38 Å². The molecule has 4 nitrogen and oxygen atoms in total. The molecule has 0 heterocycles. The molecule has 130 valence electrons. The summed E-state index contributed by atoms with van der Waals surface area (Å²) >= 11 is 0. The van der Waals surface area contributed by atoms with E-state index in [1.807, 2.05) is 18.8 Å². The van der Waals surface area contributed by atoms with Gasteiger partial charge in [-0.3, -0.25) is 0 Å². The van der Waals surface area contributed by atoms with Gasteiger partial charge in [-0.05, 0) is 24.0 Å². The van der Waals surface area contributed by atoms with Gasteiger partial charge in [-0.2, -0.15) is 0 Å². The number of hydrogen-bond acceptors (Lipinski definition) is 4. The van der Waals surface area contributed by atoms with E-state index in [4.69, 9.17) is 18.5 Å². The summed E-state index contributed by atoms with van der Waals surface area (Å²) in [6.45, 7) is 12.7. The SMILES string of the molecule is C=CCOCCOCCOP(C)Oc1ccccc1C(C)CC. The van der Waals surface area contributed by atoms with Gasteiger partial charge in [0, 0.05) is 6.66 Å². The third-order valence-corrected chi connectivity index (χ3v) is 4.40. The molecule has 0 amide bonds. The number of hydrogen-bond donors (Lipinski definition) is 0. The Bertz CT molecular complexity index is 439. The van der Waals surface area contributed by atoms with Crippen molar-refractivity contribution in [1.82, 2.24) is 0 Å². The van der Waals surface area contributed by atoms with Crippen molar-refractivity contribution in [3.8, 4) is 5.75 Å². The van der Waals surface area contributed by atoms with Crippen molar-refractivity contribution in [3.05, 3.63) is 42.5 Å². The predicted octanol–water partition coefficient (Wildman–Crippen LogP) is 4.76. The standard InChI is InChI=1S/C18H29O4P/c1-5-11-19-12-13-20-14-15-21-23(4)22-18-10-8-7-9-17(18)16(3)6-2/h5,7-10,16H,1,6,11-15H2,2-4H3. The molecule has 1 aromatic rings. The smallest absolute Gasteiger partial charge is 0.226 e. The molecular formula is C18H29O4P. The fourth-order valence-corrected chi connectivity index (χ4v) is 2.79. The lowest BCUT2D eigenvalue weighted by atomic mass is 9.98. The zero-order valence-electron chi connectivity index (χ0n) is 14.5. The van der Waals surface area contributed by atoms with E-state index in [1.165, 1.54) is 5.56 Å². The minimum atomic E-state index is -0.958. The summed E-state index contributed by atoms with van der Waals surface area (Å²) in [7, 11) is -0.958. The maximum absolute atomic E-state index is 5.98. The van der Waals surface area contributed by atoms with Gasteiger partial charge in [0.2, 0.25) is 8.38 Å². The van der Waals surface area contributed by atoms with Crippen molar-refractivity contribution in [1.29, 1.82) is 0 Å². The molecule has 5 heteroatoms. The fourth-order valence-electron chi connectivity index (χ4n) is 1.97. The minimum absolute atomic E-state index is 0.480. The highest BCUT2D eigenvalue weighted by molar-refractivity contribution is 7.46. The molecule has 0 radical (unpaired) electrons. The van der Waals surface area contributed by atoms with Crippen LogP contribution in [0.2, 0.25) is 0 Å². The normalized spacial score (nSPS) is 13.5. The molecular weight excluding hydrogens is 311 g/mol. The van der Waals surface area contributed by atoms with Crippen molar-refractivity contribution in [2.24, 2.45) is 0 Å². The molecule has 23 heavy (non-hydrogen) atoms. The average molecular weight is 340 g/mol. The zero-order valence-corrected chi connectivity index (χ0v) is 15.4. The second kappa shape index (κ2) is 12.5. The van der Waals surface area contributed by atoms with E-state index >= 15 is 0 Å². The second-order valence-electron chi connectivity index (χ2n) is 5.19. The highest BCUT2D eigenvalue weighted by Gasteiger charge is 2.13. The molecule has 0 aliphatic heterocycles. The van der Waals surface area contributed by atoms with E-state index in [2.05, 4.69) is 32.6 Å². The summed E-state index contributed by atoms with van der Waals surface area (Å²) in [5, 5.41) is 0. The third-order valence-electron chi connectivity index (χ3n) is 3.40. The monoisotopic (exact) mass is 340 g/mol. The van der Waals surface area contributed by atoms with E-state index in [9.17, 15) is 0 Å². The highest BCUT2D eigenvalue weighted by atomic mass is 31.2. The quantitative estimate of drug-likeness (QED) is 0.295. The van der Waals surface area contributed by atoms with Gasteiger partial charge >= 0.3 is 0 Å². The Labute approximate surface area is 141 Å². The first-order valence-corrected chi connectivity index (χ1v) is 9.71. The average Bonchev–Trinajstić information content (AvgIpc) is 2.57. The van der Waals surface area contributed by atoms with Crippen molar-refractivity contribution < 1.29 is 18.5 Å². The van der Waals surface area contributed by atoms with E-state index in [0.29, 0.717) is 39.0 Å². The topological polar surface area (TPSA) is 36.9 Å². The van der Waals surface area contributed by atoms with Crippen LogP contribution in [0.1, 0.15) is 31.7 Å². The zero-order chi connectivity index (χ0) is 16.9. The summed E-state index contributed by atoms with van der Waals surface area (Å²) in [5.74, 6) is 1.41. The molecule has 0 aliphatic rings. The molecule has 0 aromatic heterocycles.